The Morgan fingerprint density at radius 2 is 1.94 bits per heavy atom. The molecule has 2 heterocycles. The summed E-state index contributed by atoms with van der Waals surface area (Å²) in [5.74, 6) is 5.95. The number of hydrazine groups is 1. The number of ketones is 1. The van der Waals surface area contributed by atoms with E-state index >= 15 is 0 Å². The quantitative estimate of drug-likeness (QED) is 0.288. The summed E-state index contributed by atoms with van der Waals surface area (Å²) >= 11 is 0. The first kappa shape index (κ1) is 24.5. The van der Waals surface area contributed by atoms with Gasteiger partial charge in [-0.05, 0) is 44.7 Å². The zero-order valence-electron chi connectivity index (χ0n) is 19.2. The lowest BCUT2D eigenvalue weighted by Crippen LogP contribution is -2.43. The van der Waals surface area contributed by atoms with E-state index in [9.17, 15) is 9.90 Å². The second-order valence-electron chi connectivity index (χ2n) is 8.70. The van der Waals surface area contributed by atoms with Crippen LogP contribution in [0.2, 0.25) is 0 Å². The number of ether oxygens (including phenoxy) is 2. The Morgan fingerprint density at radius 3 is 2.59 bits per heavy atom. The minimum absolute atomic E-state index is 0.0348. The molecule has 2 fully saturated rings. The van der Waals surface area contributed by atoms with Crippen molar-refractivity contribution >= 4 is 11.5 Å². The van der Waals surface area contributed by atoms with Gasteiger partial charge in [0.15, 0.2) is 12.1 Å². The molecule has 0 saturated carbocycles. The van der Waals surface area contributed by atoms with Crippen LogP contribution in [0.15, 0.2) is 36.2 Å². The second-order valence-corrected chi connectivity index (χ2v) is 8.70. The van der Waals surface area contributed by atoms with Crippen LogP contribution in [0.5, 0.6) is 0 Å². The highest BCUT2D eigenvalue weighted by Crippen LogP contribution is 2.22. The summed E-state index contributed by atoms with van der Waals surface area (Å²) < 4.78 is 10.8. The summed E-state index contributed by atoms with van der Waals surface area (Å²) in [6, 6.07) is 7.86. The Hall–Kier alpha value is -2.17. The van der Waals surface area contributed by atoms with Gasteiger partial charge in [0.1, 0.15) is 0 Å². The third kappa shape index (κ3) is 7.18. The summed E-state index contributed by atoms with van der Waals surface area (Å²) in [6.07, 6.45) is 3.02. The highest BCUT2D eigenvalue weighted by atomic mass is 16.6. The number of aliphatic hydroxyl groups is 1. The number of nitrogens with two attached hydrogens (primary N) is 2. The first-order valence-electron chi connectivity index (χ1n) is 11.3. The lowest BCUT2D eigenvalue weighted by molar-refractivity contribution is -0.173. The smallest absolute Gasteiger partial charge is 0.183 e. The molecule has 9 heteroatoms. The molecule has 178 valence electrons. The van der Waals surface area contributed by atoms with E-state index in [1.54, 1.807) is 6.20 Å². The Balaban J connectivity index is 1.45. The number of Topliss-reactive ketones (excluding diaryl/α,β-unsaturated/α-hetero) is 1. The van der Waals surface area contributed by atoms with E-state index in [1.165, 1.54) is 5.01 Å². The van der Waals surface area contributed by atoms with Gasteiger partial charge >= 0.3 is 0 Å². The standard InChI is InChI=1S/C23H37N5O4/c1-17-13-21(14-23(30)32-17)26(2)8-7-19(24)15-28(25)16-22(29)18-3-5-20(6-4-18)27-9-11-31-12-10-27/h3-6,15,17,21,23,30H,7-14,16,24-25H2,1-2H3/b19-15-/t17-,21?,23-/m1/s1. The SMILES string of the molecule is C[C@@H]1CC(N(C)CC/C(N)=C/N(N)CC(=O)c2ccc(N3CCOCC3)cc2)C[C@H](O)O1. The number of aliphatic hydroxyl groups excluding tert-OH is 1. The molecule has 1 aromatic carbocycles. The number of hydrogen-bond acceptors (Lipinski definition) is 9. The molecule has 5 N–H and O–H groups in total. The summed E-state index contributed by atoms with van der Waals surface area (Å²) in [6.45, 7) is 5.92. The predicted octanol–water partition coefficient (Wildman–Crippen LogP) is 0.890. The van der Waals surface area contributed by atoms with Crippen LogP contribution in [0.25, 0.3) is 0 Å². The number of nitrogens with zero attached hydrogens (tertiary/aromatic N) is 3. The molecule has 3 rings (SSSR count). The lowest BCUT2D eigenvalue weighted by atomic mass is 10.0. The highest BCUT2D eigenvalue weighted by molar-refractivity contribution is 5.97. The summed E-state index contributed by atoms with van der Waals surface area (Å²) in [5, 5.41) is 11.1. The largest absolute Gasteiger partial charge is 0.401 e. The Kier molecular flexibility index (Phi) is 8.89. The van der Waals surface area contributed by atoms with E-state index in [0.29, 0.717) is 24.1 Å². The minimum atomic E-state index is -0.715. The van der Waals surface area contributed by atoms with Crippen LogP contribution >= 0.6 is 0 Å². The number of morpholine rings is 1. The molecule has 0 bridgehead atoms. The van der Waals surface area contributed by atoms with Crippen molar-refractivity contribution in [3.8, 4) is 0 Å². The van der Waals surface area contributed by atoms with Gasteiger partial charge in [0.05, 0.1) is 25.9 Å². The monoisotopic (exact) mass is 447 g/mol. The molecule has 2 aliphatic heterocycles. The third-order valence-corrected chi connectivity index (χ3v) is 6.07. The molecule has 0 amide bonds. The van der Waals surface area contributed by atoms with Crippen LogP contribution in [-0.4, -0.2) is 85.7 Å². The van der Waals surface area contributed by atoms with Crippen molar-refractivity contribution in [2.75, 3.05) is 51.3 Å². The molecule has 32 heavy (non-hydrogen) atoms. The van der Waals surface area contributed by atoms with E-state index in [-0.39, 0.29) is 24.5 Å². The van der Waals surface area contributed by atoms with Gasteiger partial charge in [0.2, 0.25) is 0 Å². The van der Waals surface area contributed by atoms with E-state index in [4.69, 9.17) is 21.1 Å². The van der Waals surface area contributed by atoms with Gasteiger partial charge in [-0.1, -0.05) is 0 Å². The van der Waals surface area contributed by atoms with Crippen molar-refractivity contribution in [2.24, 2.45) is 11.6 Å². The Labute approximate surface area is 190 Å². The molecular weight excluding hydrogens is 410 g/mol. The van der Waals surface area contributed by atoms with Gasteiger partial charge in [-0.2, -0.15) is 0 Å². The molecular formula is C23H37N5O4. The fourth-order valence-corrected chi connectivity index (χ4v) is 4.20. The van der Waals surface area contributed by atoms with Crippen LogP contribution < -0.4 is 16.5 Å². The van der Waals surface area contributed by atoms with Gasteiger partial charge in [-0.3, -0.25) is 4.79 Å². The van der Waals surface area contributed by atoms with Crippen molar-refractivity contribution < 1.29 is 19.4 Å². The number of hydrogen-bond donors (Lipinski definition) is 3. The summed E-state index contributed by atoms with van der Waals surface area (Å²) in [5.41, 5.74) is 8.46. The third-order valence-electron chi connectivity index (χ3n) is 6.07. The fourth-order valence-electron chi connectivity index (χ4n) is 4.20. The second kappa shape index (κ2) is 11.6. The molecule has 0 radical (unpaired) electrons. The van der Waals surface area contributed by atoms with Gasteiger partial charge in [-0.25, -0.2) is 5.84 Å². The number of benzene rings is 1. The number of carbonyl (C=O) groups is 1. The van der Waals surface area contributed by atoms with Crippen LogP contribution in [0.1, 0.15) is 36.5 Å². The predicted molar refractivity (Wildman–Crippen MR) is 124 cm³/mol. The summed E-state index contributed by atoms with van der Waals surface area (Å²) in [7, 11) is 2.02. The van der Waals surface area contributed by atoms with E-state index in [2.05, 4.69) is 9.80 Å². The Bertz CT molecular complexity index is 756. The van der Waals surface area contributed by atoms with Crippen molar-refractivity contribution in [1.29, 1.82) is 0 Å². The summed E-state index contributed by atoms with van der Waals surface area (Å²) in [4.78, 5) is 17.0. The van der Waals surface area contributed by atoms with Gasteiger partial charge in [-0.15, -0.1) is 0 Å². The molecule has 2 aliphatic rings. The molecule has 0 spiro atoms. The van der Waals surface area contributed by atoms with Crippen molar-refractivity contribution in [3.63, 3.8) is 0 Å². The number of rotatable bonds is 9. The number of anilines is 1. The van der Waals surface area contributed by atoms with Crippen LogP contribution in [0.3, 0.4) is 0 Å². The maximum atomic E-state index is 12.6. The molecule has 1 aromatic rings. The fraction of sp³-hybridized carbons (Fsp3) is 0.609. The zero-order chi connectivity index (χ0) is 23.1. The van der Waals surface area contributed by atoms with Gasteiger partial charge in [0.25, 0.3) is 0 Å². The minimum Gasteiger partial charge on any atom is -0.401 e. The van der Waals surface area contributed by atoms with Crippen molar-refractivity contribution in [2.45, 2.75) is 44.6 Å². The van der Waals surface area contributed by atoms with Gasteiger partial charge < -0.3 is 35.1 Å². The first-order chi connectivity index (χ1) is 15.3. The molecule has 2 saturated heterocycles. The molecule has 3 atom stereocenters. The van der Waals surface area contributed by atoms with Crippen LogP contribution in [0, 0.1) is 0 Å². The molecule has 0 aromatic heterocycles. The van der Waals surface area contributed by atoms with E-state index < -0.39 is 6.29 Å². The van der Waals surface area contributed by atoms with Crippen LogP contribution in [-0.2, 0) is 9.47 Å². The molecule has 0 aliphatic carbocycles. The average molecular weight is 448 g/mol. The topological polar surface area (TPSA) is 118 Å². The normalized spacial score (nSPS) is 24.6. The molecule has 9 nitrogen and oxygen atoms in total. The lowest BCUT2D eigenvalue weighted by Gasteiger charge is -2.36. The molecule has 1 unspecified atom stereocenters. The average Bonchev–Trinajstić information content (AvgIpc) is 2.77. The first-order valence-corrected chi connectivity index (χ1v) is 11.3. The van der Waals surface area contributed by atoms with Crippen molar-refractivity contribution in [3.05, 3.63) is 41.7 Å². The Morgan fingerprint density at radius 1 is 1.25 bits per heavy atom. The maximum Gasteiger partial charge on any atom is 0.183 e. The maximum absolute atomic E-state index is 12.6. The van der Waals surface area contributed by atoms with Gasteiger partial charge in [0, 0.05) is 61.7 Å². The zero-order valence-corrected chi connectivity index (χ0v) is 19.2. The van der Waals surface area contributed by atoms with E-state index in [0.717, 1.165) is 45.0 Å². The highest BCUT2D eigenvalue weighted by Gasteiger charge is 2.28. The van der Waals surface area contributed by atoms with Crippen LogP contribution in [0.4, 0.5) is 5.69 Å². The number of carbonyl (C=O) groups excluding carboxylic acids is 1. The van der Waals surface area contributed by atoms with Crippen molar-refractivity contribution in [1.82, 2.24) is 9.91 Å². The van der Waals surface area contributed by atoms with E-state index in [1.807, 2.05) is 38.2 Å².